The van der Waals surface area contributed by atoms with E-state index < -0.39 is 25.9 Å². The molecule has 9 nitrogen and oxygen atoms in total. The van der Waals surface area contributed by atoms with Crippen LogP contribution < -0.4 is 0 Å². The zero-order valence-corrected chi connectivity index (χ0v) is 19.8. The van der Waals surface area contributed by atoms with Gasteiger partial charge in [-0.1, -0.05) is 60.7 Å². The smallest absolute Gasteiger partial charge is 0.330 e. The summed E-state index contributed by atoms with van der Waals surface area (Å²) >= 11 is 0. The summed E-state index contributed by atoms with van der Waals surface area (Å²) < 4.78 is 28.2. The topological polar surface area (TPSA) is 115 Å². The Hall–Kier alpha value is -2.10. The number of hydroxylamine groups is 2. The van der Waals surface area contributed by atoms with E-state index in [1.54, 1.807) is 0 Å². The number of aliphatic hydroxyl groups is 2. The molecule has 2 N–H and O–H groups in total. The Morgan fingerprint density at radius 2 is 1.48 bits per heavy atom. The van der Waals surface area contributed by atoms with Crippen LogP contribution in [0.15, 0.2) is 60.7 Å². The highest BCUT2D eigenvalue weighted by Gasteiger charge is 2.32. The lowest BCUT2D eigenvalue weighted by molar-refractivity contribution is -0.194. The molecule has 2 aromatic rings. The van der Waals surface area contributed by atoms with Crippen LogP contribution >= 0.6 is 7.60 Å². The molecule has 0 saturated carbocycles. The maximum atomic E-state index is 12.4. The Morgan fingerprint density at radius 3 is 2.00 bits per heavy atom. The first-order valence-corrected chi connectivity index (χ1v) is 12.2. The maximum absolute atomic E-state index is 12.4. The number of benzene rings is 2. The van der Waals surface area contributed by atoms with E-state index in [9.17, 15) is 19.6 Å². The first kappa shape index (κ1) is 27.1. The molecule has 3 atom stereocenters. The zero-order valence-electron chi connectivity index (χ0n) is 18.9. The van der Waals surface area contributed by atoms with Gasteiger partial charge in [-0.15, -0.1) is 0 Å². The molecule has 1 amide bonds. The highest BCUT2D eigenvalue weighted by molar-refractivity contribution is 7.53. The lowest BCUT2D eigenvalue weighted by Gasteiger charge is -2.30. The molecule has 0 radical (unpaired) electrons. The number of hydrogen-bond donors (Lipinski definition) is 2. The van der Waals surface area contributed by atoms with Crippen LogP contribution in [0.1, 0.15) is 17.5 Å². The molecular formula is C23H32NO8P. The quantitative estimate of drug-likeness (QED) is 0.214. The van der Waals surface area contributed by atoms with Crippen LogP contribution in [-0.2, 0) is 41.2 Å². The first-order valence-electron chi connectivity index (χ1n) is 10.5. The fourth-order valence-corrected chi connectivity index (χ4v) is 4.16. The molecule has 182 valence electrons. The average molecular weight is 481 g/mol. The summed E-state index contributed by atoms with van der Waals surface area (Å²) in [6.07, 6.45) is -3.17. The molecule has 0 aromatic heterocycles. The Kier molecular flexibility index (Phi) is 11.7. The van der Waals surface area contributed by atoms with E-state index in [-0.39, 0.29) is 32.3 Å². The monoisotopic (exact) mass is 481 g/mol. The molecule has 0 saturated heterocycles. The third-order valence-corrected chi connectivity index (χ3v) is 6.97. The maximum Gasteiger partial charge on any atom is 0.330 e. The molecule has 0 aliphatic carbocycles. The van der Waals surface area contributed by atoms with Crippen molar-refractivity contribution in [2.75, 3.05) is 26.9 Å². The lowest BCUT2D eigenvalue weighted by Crippen LogP contribution is -2.45. The van der Waals surface area contributed by atoms with Gasteiger partial charge >= 0.3 is 7.60 Å². The van der Waals surface area contributed by atoms with Gasteiger partial charge in [0, 0.05) is 14.2 Å². The predicted molar refractivity (Wildman–Crippen MR) is 122 cm³/mol. The highest BCUT2D eigenvalue weighted by atomic mass is 31.2. The van der Waals surface area contributed by atoms with E-state index in [1.807, 2.05) is 60.7 Å². The molecule has 2 aromatic carbocycles. The number of hydrogen-bond acceptors (Lipinski definition) is 8. The van der Waals surface area contributed by atoms with Gasteiger partial charge < -0.3 is 24.0 Å². The van der Waals surface area contributed by atoms with Crippen molar-refractivity contribution >= 4 is 14.0 Å². The van der Waals surface area contributed by atoms with Crippen LogP contribution in [0.4, 0.5) is 0 Å². The summed E-state index contributed by atoms with van der Waals surface area (Å²) in [6, 6.07) is 18.5. The molecule has 0 aliphatic heterocycles. The van der Waals surface area contributed by atoms with Crippen molar-refractivity contribution in [3.8, 4) is 0 Å². The summed E-state index contributed by atoms with van der Waals surface area (Å²) in [5, 5.41) is 22.3. The Balaban J connectivity index is 2.00. The van der Waals surface area contributed by atoms with Crippen molar-refractivity contribution in [1.29, 1.82) is 0 Å². The van der Waals surface area contributed by atoms with Crippen LogP contribution in [0.5, 0.6) is 0 Å². The minimum absolute atomic E-state index is 0.0227. The summed E-state index contributed by atoms with van der Waals surface area (Å²) in [7, 11) is -0.784. The molecule has 0 bridgehead atoms. The first-order chi connectivity index (χ1) is 15.9. The Morgan fingerprint density at radius 1 is 0.939 bits per heavy atom. The molecule has 33 heavy (non-hydrogen) atoms. The fraction of sp³-hybridized carbons (Fsp3) is 0.435. The summed E-state index contributed by atoms with van der Waals surface area (Å²) in [5.41, 5.74) is 1.71. The lowest BCUT2D eigenvalue weighted by atomic mass is 10.1. The molecule has 0 fully saturated rings. The van der Waals surface area contributed by atoms with Crippen LogP contribution in [0.2, 0.25) is 0 Å². The van der Waals surface area contributed by atoms with E-state index in [1.165, 1.54) is 14.2 Å². The van der Waals surface area contributed by atoms with E-state index in [0.717, 1.165) is 16.2 Å². The molecular weight excluding hydrogens is 449 g/mol. The van der Waals surface area contributed by atoms with Gasteiger partial charge in [-0.25, -0.2) is 5.06 Å². The van der Waals surface area contributed by atoms with Crippen LogP contribution in [0, 0.1) is 0 Å². The van der Waals surface area contributed by atoms with Crippen LogP contribution in [0.3, 0.4) is 0 Å². The molecule has 2 rings (SSSR count). The zero-order chi connectivity index (χ0) is 24.1. The van der Waals surface area contributed by atoms with Crippen LogP contribution in [-0.4, -0.2) is 66.9 Å². The number of aliphatic hydroxyl groups excluding tert-OH is 2. The van der Waals surface area contributed by atoms with Crippen LogP contribution in [0.25, 0.3) is 0 Å². The summed E-state index contributed by atoms with van der Waals surface area (Å²) in [4.78, 5) is 16.8. The van der Waals surface area contributed by atoms with Gasteiger partial charge in [0.1, 0.15) is 18.8 Å². The number of carbonyl (C=O) groups is 1. The second-order valence-corrected chi connectivity index (χ2v) is 9.74. The van der Waals surface area contributed by atoms with E-state index in [0.29, 0.717) is 6.41 Å². The van der Waals surface area contributed by atoms with Gasteiger partial charge in [0.15, 0.2) is 0 Å². The molecule has 0 unspecified atom stereocenters. The van der Waals surface area contributed by atoms with Gasteiger partial charge in [-0.3, -0.25) is 14.2 Å². The number of nitrogens with zero attached hydrogens (tertiary/aromatic N) is 1. The number of carbonyl (C=O) groups excluding carboxylic acids is 1. The van der Waals surface area contributed by atoms with E-state index in [2.05, 4.69) is 0 Å². The van der Waals surface area contributed by atoms with Crippen molar-refractivity contribution in [3.63, 3.8) is 0 Å². The second kappa shape index (κ2) is 14.2. The Bertz CT molecular complexity index is 846. The molecule has 0 heterocycles. The Labute approximate surface area is 194 Å². The molecule has 0 aliphatic rings. The largest absolute Gasteiger partial charge is 0.388 e. The van der Waals surface area contributed by atoms with Gasteiger partial charge in [-0.2, -0.15) is 0 Å². The van der Waals surface area contributed by atoms with Gasteiger partial charge in [-0.05, 0) is 17.5 Å². The van der Waals surface area contributed by atoms with Gasteiger partial charge in [0.05, 0.1) is 25.4 Å². The van der Waals surface area contributed by atoms with Crippen molar-refractivity contribution in [2.24, 2.45) is 0 Å². The van der Waals surface area contributed by atoms with Crippen molar-refractivity contribution < 1.29 is 38.2 Å². The predicted octanol–water partition coefficient (Wildman–Crippen LogP) is 2.76. The van der Waals surface area contributed by atoms with Gasteiger partial charge in [0.25, 0.3) is 0 Å². The third kappa shape index (κ3) is 9.35. The fourth-order valence-electron chi connectivity index (χ4n) is 3.07. The van der Waals surface area contributed by atoms with Gasteiger partial charge in [0.2, 0.25) is 6.41 Å². The number of amides is 1. The van der Waals surface area contributed by atoms with Crippen molar-refractivity contribution in [2.45, 2.75) is 37.9 Å². The number of ether oxygens (including phenoxy) is 1. The minimum Gasteiger partial charge on any atom is -0.388 e. The van der Waals surface area contributed by atoms with E-state index >= 15 is 0 Å². The highest BCUT2D eigenvalue weighted by Crippen LogP contribution is 2.47. The average Bonchev–Trinajstić information content (AvgIpc) is 2.87. The molecule has 0 spiro atoms. The standard InChI is InChI=1S/C23H32NO8P/c1-29-33(28,30-2)14-13-22(31-16-19-9-5-3-6-10-19)23(27)21(26)15-24(18-25)32-17-20-11-7-4-8-12-20/h3-12,18,21-23,26-27H,13-17H2,1-2H3/t21-,22-,23+/m1/s1. The SMILES string of the molecule is COP(=O)(CC[C@@H](OCc1ccccc1)[C@@H](O)[C@H](O)CN(C=O)OCc1ccccc1)OC. The number of rotatable bonds is 16. The van der Waals surface area contributed by atoms with Crippen molar-refractivity contribution in [3.05, 3.63) is 71.8 Å². The third-order valence-electron chi connectivity index (χ3n) is 5.05. The van der Waals surface area contributed by atoms with E-state index in [4.69, 9.17) is 18.6 Å². The summed E-state index contributed by atoms with van der Waals surface area (Å²) in [6.45, 7) is 0.0115. The molecule has 10 heteroatoms. The minimum atomic E-state index is -3.34. The normalized spacial score (nSPS) is 14.4. The summed E-state index contributed by atoms with van der Waals surface area (Å²) in [5.74, 6) is 0. The van der Waals surface area contributed by atoms with Crippen molar-refractivity contribution in [1.82, 2.24) is 5.06 Å². The second-order valence-electron chi connectivity index (χ2n) is 7.35.